The summed E-state index contributed by atoms with van der Waals surface area (Å²) < 4.78 is 10.3. The molecule has 0 fully saturated rings. The van der Waals surface area contributed by atoms with Gasteiger partial charge in [-0.1, -0.05) is 59.6 Å². The molecule has 6 nitrogen and oxygen atoms in total. The molecule has 0 spiro atoms. The molecule has 162 valence electrons. The predicted octanol–water partition coefficient (Wildman–Crippen LogP) is 4.31. The molecule has 0 radical (unpaired) electrons. The highest BCUT2D eigenvalue weighted by Crippen LogP contribution is 2.38. The van der Waals surface area contributed by atoms with E-state index in [9.17, 15) is 14.4 Å². The molecule has 0 unspecified atom stereocenters. The molecule has 0 bridgehead atoms. The zero-order chi connectivity index (χ0) is 22.6. The monoisotopic (exact) mass is 461 g/mol. The van der Waals surface area contributed by atoms with Crippen molar-refractivity contribution in [3.05, 3.63) is 81.4 Å². The van der Waals surface area contributed by atoms with Gasteiger partial charge in [0.2, 0.25) is 5.54 Å². The van der Waals surface area contributed by atoms with Gasteiger partial charge >= 0.3 is 11.9 Å². The molecule has 0 amide bonds. The smallest absolute Gasteiger partial charge is 0.342 e. The van der Waals surface area contributed by atoms with Crippen LogP contribution in [-0.2, 0) is 19.1 Å². The first-order chi connectivity index (χ1) is 14.8. The number of nitrogens with one attached hydrogen (secondary N) is 1. The van der Waals surface area contributed by atoms with Crippen molar-refractivity contribution in [2.24, 2.45) is 0 Å². The third kappa shape index (κ3) is 4.51. The number of carbonyl (C=O) groups is 3. The van der Waals surface area contributed by atoms with Crippen LogP contribution in [-0.4, -0.2) is 36.5 Å². The molecule has 8 heteroatoms. The number of rotatable bonds is 7. The van der Waals surface area contributed by atoms with E-state index < -0.39 is 23.5 Å². The Morgan fingerprint density at radius 1 is 0.935 bits per heavy atom. The first kappa shape index (κ1) is 23.0. The van der Waals surface area contributed by atoms with Gasteiger partial charge in [0.15, 0.2) is 5.78 Å². The Hall–Kier alpha value is -2.67. The fraction of sp³-hybridized carbons (Fsp3) is 0.261. The number of carbonyl (C=O) groups excluding carboxylic acids is 3. The summed E-state index contributed by atoms with van der Waals surface area (Å²) in [5.41, 5.74) is -0.807. The summed E-state index contributed by atoms with van der Waals surface area (Å²) >= 11 is 12.2. The lowest BCUT2D eigenvalue weighted by Crippen LogP contribution is -2.56. The third-order valence-corrected chi connectivity index (χ3v) is 5.56. The molecule has 0 saturated heterocycles. The van der Waals surface area contributed by atoms with Gasteiger partial charge in [0.1, 0.15) is 0 Å². The lowest BCUT2D eigenvalue weighted by Gasteiger charge is -2.26. The highest BCUT2D eigenvalue weighted by atomic mass is 35.5. The van der Waals surface area contributed by atoms with Crippen LogP contribution in [0.5, 0.6) is 0 Å². The third-order valence-electron chi connectivity index (χ3n) is 4.82. The summed E-state index contributed by atoms with van der Waals surface area (Å²) in [5.74, 6) is -2.05. The molecule has 1 aliphatic rings. The lowest BCUT2D eigenvalue weighted by molar-refractivity contribution is -0.162. The van der Waals surface area contributed by atoms with Gasteiger partial charge < -0.3 is 9.47 Å². The van der Waals surface area contributed by atoms with Gasteiger partial charge in [-0.15, -0.1) is 0 Å². The molecule has 1 heterocycles. The number of Topliss-reactive ketones (excluding diaryl/α,β-unsaturated/α-hetero) is 1. The molecule has 31 heavy (non-hydrogen) atoms. The highest BCUT2D eigenvalue weighted by molar-refractivity contribution is 6.42. The summed E-state index contributed by atoms with van der Waals surface area (Å²) in [7, 11) is 0. The van der Waals surface area contributed by atoms with Crippen molar-refractivity contribution in [2.75, 3.05) is 13.2 Å². The van der Waals surface area contributed by atoms with Crippen LogP contribution in [0.2, 0.25) is 10.0 Å². The minimum absolute atomic E-state index is 0.0505. The Kier molecular flexibility index (Phi) is 7.15. The van der Waals surface area contributed by atoms with E-state index in [4.69, 9.17) is 32.7 Å². The largest absolute Gasteiger partial charge is 0.464 e. The number of ketones is 1. The van der Waals surface area contributed by atoms with Crippen LogP contribution in [0.4, 0.5) is 0 Å². The van der Waals surface area contributed by atoms with Crippen molar-refractivity contribution in [2.45, 2.75) is 25.4 Å². The Labute approximate surface area is 190 Å². The molecule has 1 N–H and O–H groups in total. The summed E-state index contributed by atoms with van der Waals surface area (Å²) in [6, 6.07) is 12.6. The Morgan fingerprint density at radius 3 is 2.10 bits per heavy atom. The Balaban J connectivity index is 2.16. The van der Waals surface area contributed by atoms with Gasteiger partial charge in [0, 0.05) is 11.1 Å². The quantitative estimate of drug-likeness (QED) is 0.375. The number of hydrogen-bond donors (Lipinski definition) is 1. The van der Waals surface area contributed by atoms with E-state index in [0.717, 1.165) is 0 Å². The number of halogens is 2. The molecule has 0 aromatic heterocycles. The van der Waals surface area contributed by atoms with Crippen LogP contribution < -0.4 is 5.32 Å². The fourth-order valence-electron chi connectivity index (χ4n) is 3.38. The first-order valence-corrected chi connectivity index (χ1v) is 10.5. The van der Waals surface area contributed by atoms with E-state index in [1.807, 2.05) is 0 Å². The average molecular weight is 462 g/mol. The van der Waals surface area contributed by atoms with E-state index in [2.05, 4.69) is 5.32 Å². The Bertz CT molecular complexity index is 1020. The predicted molar refractivity (Wildman–Crippen MR) is 117 cm³/mol. The Morgan fingerprint density at radius 2 is 1.55 bits per heavy atom. The molecule has 3 rings (SSSR count). The molecular formula is C23H21Cl2NO5. The highest BCUT2D eigenvalue weighted by Gasteiger charge is 2.54. The summed E-state index contributed by atoms with van der Waals surface area (Å²) in [6.45, 7) is 3.35. The van der Waals surface area contributed by atoms with Crippen LogP contribution in [0.25, 0.3) is 0 Å². The number of hydrogen-bond acceptors (Lipinski definition) is 6. The average Bonchev–Trinajstić information content (AvgIpc) is 3.18. The van der Waals surface area contributed by atoms with E-state index >= 15 is 0 Å². The second kappa shape index (κ2) is 9.64. The van der Waals surface area contributed by atoms with Crippen LogP contribution >= 0.6 is 23.2 Å². The second-order valence-electron chi connectivity index (χ2n) is 6.79. The van der Waals surface area contributed by atoms with Crippen LogP contribution in [0.15, 0.2) is 60.2 Å². The minimum Gasteiger partial charge on any atom is -0.464 e. The normalized spacial score (nSPS) is 17.0. The van der Waals surface area contributed by atoms with Gasteiger partial charge in [0.05, 0.1) is 29.3 Å². The van der Waals surface area contributed by atoms with Crippen LogP contribution in [0.1, 0.15) is 35.8 Å². The number of esters is 2. The second-order valence-corrected chi connectivity index (χ2v) is 7.61. The fourth-order valence-corrected chi connectivity index (χ4v) is 3.69. The van der Waals surface area contributed by atoms with Crippen molar-refractivity contribution in [3.8, 4) is 0 Å². The zero-order valence-electron chi connectivity index (χ0n) is 17.0. The SMILES string of the molecule is CCOC(=O)C1(C(=O)OCC)C=C(C(=O)c2ccccc2)[C@@H](c2ccc(Cl)c(Cl)c2)N1. The standard InChI is InChI=1S/C23H21Cl2NO5/c1-3-30-21(28)23(22(29)31-4-2)13-16(20(27)14-8-6-5-7-9-14)19(26-23)15-10-11-17(24)18(25)12-15/h5-13,19,26H,3-4H2,1-2H3/t19-/m1/s1. The van der Waals surface area contributed by atoms with Gasteiger partial charge in [-0.05, 0) is 37.6 Å². The first-order valence-electron chi connectivity index (χ1n) is 9.73. The number of benzene rings is 2. The molecular weight excluding hydrogens is 441 g/mol. The van der Waals surface area contributed by atoms with Crippen LogP contribution in [0, 0.1) is 0 Å². The maximum Gasteiger partial charge on any atom is 0.342 e. The van der Waals surface area contributed by atoms with Gasteiger partial charge in [-0.3, -0.25) is 10.1 Å². The van der Waals surface area contributed by atoms with E-state index in [1.54, 1.807) is 62.4 Å². The molecule has 0 aliphatic carbocycles. The topological polar surface area (TPSA) is 81.7 Å². The minimum atomic E-state index is -1.97. The maximum absolute atomic E-state index is 13.4. The molecule has 2 aromatic carbocycles. The van der Waals surface area contributed by atoms with E-state index in [0.29, 0.717) is 16.1 Å². The molecule has 1 atom stereocenters. The van der Waals surface area contributed by atoms with E-state index in [-0.39, 0.29) is 29.6 Å². The zero-order valence-corrected chi connectivity index (χ0v) is 18.5. The van der Waals surface area contributed by atoms with Gasteiger partial charge in [-0.2, -0.15) is 0 Å². The lowest BCUT2D eigenvalue weighted by atomic mass is 9.93. The van der Waals surface area contributed by atoms with E-state index in [1.165, 1.54) is 6.08 Å². The number of ether oxygens (including phenoxy) is 2. The van der Waals surface area contributed by atoms with Crippen molar-refractivity contribution in [1.29, 1.82) is 0 Å². The van der Waals surface area contributed by atoms with Crippen molar-refractivity contribution >= 4 is 40.9 Å². The summed E-state index contributed by atoms with van der Waals surface area (Å²) in [5, 5.41) is 3.59. The maximum atomic E-state index is 13.4. The van der Waals surface area contributed by atoms with Crippen molar-refractivity contribution < 1.29 is 23.9 Å². The summed E-state index contributed by atoms with van der Waals surface area (Å²) in [6.07, 6.45) is 1.30. The van der Waals surface area contributed by atoms with Crippen molar-refractivity contribution in [1.82, 2.24) is 5.32 Å². The van der Waals surface area contributed by atoms with Crippen molar-refractivity contribution in [3.63, 3.8) is 0 Å². The molecule has 1 aliphatic heterocycles. The van der Waals surface area contributed by atoms with Gasteiger partial charge in [-0.25, -0.2) is 9.59 Å². The van der Waals surface area contributed by atoms with Crippen LogP contribution in [0.3, 0.4) is 0 Å². The summed E-state index contributed by atoms with van der Waals surface area (Å²) in [4.78, 5) is 39.2. The molecule has 2 aromatic rings. The molecule has 0 saturated carbocycles. The van der Waals surface area contributed by atoms with Gasteiger partial charge in [0.25, 0.3) is 0 Å².